The van der Waals surface area contributed by atoms with Crippen LogP contribution in [0.3, 0.4) is 0 Å². The zero-order valence-corrected chi connectivity index (χ0v) is 27.6. The number of carbonyl (C=O) groups excluding carboxylic acids is 4. The molecular formula is C36H34N4O7S. The second kappa shape index (κ2) is 13.3. The Hall–Kier alpha value is -5.49. The quantitative estimate of drug-likeness (QED) is 0.137. The van der Waals surface area contributed by atoms with Crippen molar-refractivity contribution in [1.82, 2.24) is 14.9 Å². The Morgan fingerprint density at radius 1 is 0.938 bits per heavy atom. The third-order valence-corrected chi connectivity index (χ3v) is 8.65. The van der Waals surface area contributed by atoms with E-state index in [0.717, 1.165) is 33.6 Å². The summed E-state index contributed by atoms with van der Waals surface area (Å²) in [7, 11) is 1.24. The Balaban J connectivity index is 1.25. The predicted molar refractivity (Wildman–Crippen MR) is 181 cm³/mol. The number of anilines is 1. The smallest absolute Gasteiger partial charge is 0.419 e. The Morgan fingerprint density at radius 3 is 2.25 bits per heavy atom. The Labute approximate surface area is 280 Å². The molecule has 1 atom stereocenters. The van der Waals surface area contributed by atoms with Crippen LogP contribution in [0.5, 0.6) is 0 Å². The van der Waals surface area contributed by atoms with E-state index in [2.05, 4.69) is 15.6 Å². The number of hydrogen-bond donors (Lipinski definition) is 2. The maximum atomic E-state index is 13.7. The molecule has 0 saturated heterocycles. The van der Waals surface area contributed by atoms with Crippen molar-refractivity contribution >= 4 is 51.4 Å². The zero-order valence-electron chi connectivity index (χ0n) is 26.8. The van der Waals surface area contributed by atoms with Gasteiger partial charge in [-0.15, -0.1) is 11.3 Å². The summed E-state index contributed by atoms with van der Waals surface area (Å²) in [5.41, 5.74) is 4.81. The topological polar surface area (TPSA) is 138 Å². The largest absolute Gasteiger partial charge is 0.464 e. The van der Waals surface area contributed by atoms with Gasteiger partial charge in [-0.1, -0.05) is 66.7 Å². The molecule has 1 aliphatic carbocycles. The molecule has 2 amide bonds. The molecule has 6 rings (SSSR count). The number of benzene rings is 3. The molecule has 1 unspecified atom stereocenters. The number of fused-ring (bicyclic) bond motifs is 4. The monoisotopic (exact) mass is 666 g/mol. The van der Waals surface area contributed by atoms with Gasteiger partial charge in [-0.2, -0.15) is 0 Å². The fraction of sp³-hybridized carbons (Fsp3) is 0.250. The number of para-hydroxylation sites is 1. The molecule has 11 nitrogen and oxygen atoms in total. The average molecular weight is 667 g/mol. The number of hydrogen-bond acceptors (Lipinski definition) is 9. The minimum atomic E-state index is -1.15. The molecule has 3 aromatic carbocycles. The molecule has 2 N–H and O–H groups in total. The van der Waals surface area contributed by atoms with Crippen LogP contribution in [0.2, 0.25) is 0 Å². The van der Waals surface area contributed by atoms with E-state index >= 15 is 0 Å². The van der Waals surface area contributed by atoms with E-state index < -0.39 is 35.7 Å². The molecule has 0 aliphatic heterocycles. The van der Waals surface area contributed by atoms with E-state index in [1.165, 1.54) is 17.1 Å². The summed E-state index contributed by atoms with van der Waals surface area (Å²) in [5.74, 6) is -1.41. The minimum absolute atomic E-state index is 0.00156. The van der Waals surface area contributed by atoms with Crippen molar-refractivity contribution in [1.29, 1.82) is 0 Å². The van der Waals surface area contributed by atoms with E-state index in [1.54, 1.807) is 39.1 Å². The van der Waals surface area contributed by atoms with Gasteiger partial charge in [-0.25, -0.2) is 19.4 Å². The summed E-state index contributed by atoms with van der Waals surface area (Å²) < 4.78 is 17.5. The van der Waals surface area contributed by atoms with Gasteiger partial charge in [0.2, 0.25) is 5.91 Å². The summed E-state index contributed by atoms with van der Waals surface area (Å²) in [5, 5.41) is 7.73. The summed E-state index contributed by atoms with van der Waals surface area (Å²) in [6.45, 7) is 5.39. The van der Waals surface area contributed by atoms with Crippen molar-refractivity contribution in [2.24, 2.45) is 0 Å². The first-order valence-corrected chi connectivity index (χ1v) is 16.2. The van der Waals surface area contributed by atoms with Gasteiger partial charge in [0, 0.05) is 29.3 Å². The van der Waals surface area contributed by atoms with Gasteiger partial charge in [0.05, 0.1) is 12.6 Å². The van der Waals surface area contributed by atoms with Crippen molar-refractivity contribution in [3.05, 3.63) is 107 Å². The first-order valence-electron chi connectivity index (χ1n) is 15.3. The lowest BCUT2D eigenvalue weighted by molar-refractivity contribution is -0.118. The molecule has 1 aliphatic rings. The zero-order chi connectivity index (χ0) is 34.0. The van der Waals surface area contributed by atoms with Gasteiger partial charge in [0.25, 0.3) is 0 Å². The number of ether oxygens (including phenoxy) is 3. The number of thiazole rings is 1. The lowest BCUT2D eigenvalue weighted by Crippen LogP contribution is -2.45. The predicted octanol–water partition coefficient (Wildman–Crippen LogP) is 6.76. The van der Waals surface area contributed by atoms with Crippen molar-refractivity contribution in [2.45, 2.75) is 44.8 Å². The highest BCUT2D eigenvalue weighted by atomic mass is 32.1. The average Bonchev–Trinajstić information content (AvgIpc) is 3.77. The first kappa shape index (κ1) is 32.5. The highest BCUT2D eigenvalue weighted by Crippen LogP contribution is 2.44. The van der Waals surface area contributed by atoms with Crippen molar-refractivity contribution < 1.29 is 33.4 Å². The lowest BCUT2D eigenvalue weighted by atomic mass is 9.98. The summed E-state index contributed by atoms with van der Waals surface area (Å²) in [4.78, 5) is 56.3. The molecule has 48 heavy (non-hydrogen) atoms. The molecule has 12 heteroatoms. The van der Waals surface area contributed by atoms with Gasteiger partial charge < -0.3 is 24.8 Å². The van der Waals surface area contributed by atoms with E-state index in [-0.39, 0.29) is 29.8 Å². The lowest BCUT2D eigenvalue weighted by Gasteiger charge is -2.20. The summed E-state index contributed by atoms with van der Waals surface area (Å²) in [6.07, 6.45) is 0.245. The maximum Gasteiger partial charge on any atom is 0.419 e. The Bertz CT molecular complexity index is 1980. The van der Waals surface area contributed by atoms with Gasteiger partial charge in [0.15, 0.2) is 10.8 Å². The maximum absolute atomic E-state index is 13.7. The number of rotatable bonds is 8. The summed E-state index contributed by atoms with van der Waals surface area (Å²) in [6, 6.07) is 22.1. The summed E-state index contributed by atoms with van der Waals surface area (Å²) >= 11 is 1.04. The van der Waals surface area contributed by atoms with Crippen LogP contribution < -0.4 is 10.6 Å². The second-order valence-electron chi connectivity index (χ2n) is 12.3. The van der Waals surface area contributed by atoms with E-state index in [9.17, 15) is 19.2 Å². The highest BCUT2D eigenvalue weighted by molar-refractivity contribution is 7.14. The molecule has 2 heterocycles. The van der Waals surface area contributed by atoms with Crippen LogP contribution in [-0.4, -0.2) is 59.0 Å². The van der Waals surface area contributed by atoms with E-state index in [4.69, 9.17) is 14.2 Å². The fourth-order valence-electron chi connectivity index (χ4n) is 5.81. The van der Waals surface area contributed by atoms with Gasteiger partial charge in [-0.05, 0) is 54.7 Å². The number of carbonyl (C=O) groups is 4. The van der Waals surface area contributed by atoms with Crippen LogP contribution in [0.4, 0.5) is 14.7 Å². The minimum Gasteiger partial charge on any atom is -0.464 e. The fourth-order valence-corrected chi connectivity index (χ4v) is 6.49. The SMILES string of the molecule is COC(=O)c1csc(NC(=O)C(Cc2cn(C(=O)OC(C)(C)C)c3ccccc23)NC(=O)OCC2c3ccccc3-c3ccccc32)n1. The highest BCUT2D eigenvalue weighted by Gasteiger charge is 2.31. The molecule has 0 radical (unpaired) electrons. The molecule has 0 fully saturated rings. The Kier molecular flexibility index (Phi) is 9.01. The standard InChI is InChI=1S/C36H34N4O7S/c1-36(2,3)47-35(44)40-18-21(22-11-9-10-16-30(22)40)17-28(31(41)39-33-37-29(20-48-33)32(42)45-4)38-34(43)46-19-27-25-14-7-5-12-23(25)24-13-6-8-15-26(24)27/h5-16,18,20,27-28H,17,19H2,1-4H3,(H,38,43)(H,37,39,41). The molecule has 0 spiro atoms. The molecule has 246 valence electrons. The van der Waals surface area contributed by atoms with Crippen LogP contribution in [0.15, 0.2) is 84.4 Å². The van der Waals surface area contributed by atoms with Gasteiger partial charge >= 0.3 is 18.2 Å². The number of nitrogens with zero attached hydrogens (tertiary/aromatic N) is 2. The third kappa shape index (κ3) is 6.79. The van der Waals surface area contributed by atoms with Crippen molar-refractivity contribution in [2.75, 3.05) is 19.0 Å². The normalized spacial score (nSPS) is 12.9. The van der Waals surface area contributed by atoms with Crippen LogP contribution >= 0.6 is 11.3 Å². The van der Waals surface area contributed by atoms with Gasteiger partial charge in [-0.3, -0.25) is 9.36 Å². The Morgan fingerprint density at radius 2 is 1.58 bits per heavy atom. The van der Waals surface area contributed by atoms with Crippen LogP contribution in [0.25, 0.3) is 22.0 Å². The second-order valence-corrected chi connectivity index (χ2v) is 13.1. The van der Waals surface area contributed by atoms with Crippen LogP contribution in [0, 0.1) is 0 Å². The van der Waals surface area contributed by atoms with E-state index in [1.807, 2.05) is 60.7 Å². The third-order valence-electron chi connectivity index (χ3n) is 7.89. The molecule has 2 aromatic heterocycles. The van der Waals surface area contributed by atoms with Crippen LogP contribution in [0.1, 0.15) is 53.9 Å². The van der Waals surface area contributed by atoms with Gasteiger partial charge in [0.1, 0.15) is 18.2 Å². The number of amides is 2. The number of aromatic nitrogens is 2. The number of esters is 1. The molecule has 5 aromatic rings. The van der Waals surface area contributed by atoms with E-state index in [0.29, 0.717) is 16.5 Å². The molecule has 0 bridgehead atoms. The number of alkyl carbamates (subject to hydrolysis) is 1. The van der Waals surface area contributed by atoms with Crippen molar-refractivity contribution in [3.8, 4) is 11.1 Å². The molecular weight excluding hydrogens is 632 g/mol. The van der Waals surface area contributed by atoms with Crippen molar-refractivity contribution in [3.63, 3.8) is 0 Å². The van der Waals surface area contributed by atoms with Crippen LogP contribution in [-0.2, 0) is 25.4 Å². The first-order chi connectivity index (χ1) is 23.0. The molecule has 0 saturated carbocycles. The number of nitrogens with one attached hydrogen (secondary N) is 2. The number of methoxy groups -OCH3 is 1.